The molecule has 2 N–H and O–H groups in total. The van der Waals surface area contributed by atoms with E-state index < -0.39 is 4.92 Å². The van der Waals surface area contributed by atoms with Gasteiger partial charge in [0.1, 0.15) is 0 Å². The zero-order chi connectivity index (χ0) is 14.8. The van der Waals surface area contributed by atoms with Crippen LogP contribution < -0.4 is 5.73 Å². The molecule has 0 saturated heterocycles. The van der Waals surface area contributed by atoms with Crippen molar-refractivity contribution in [1.29, 1.82) is 0 Å². The Morgan fingerprint density at radius 2 is 2.10 bits per heavy atom. The lowest BCUT2D eigenvalue weighted by atomic mass is 9.68. The van der Waals surface area contributed by atoms with Gasteiger partial charge in [-0.25, -0.2) is 0 Å². The maximum Gasteiger partial charge on any atom is 0.270 e. The van der Waals surface area contributed by atoms with Crippen LogP contribution in [0.2, 0.25) is 5.02 Å². The molecule has 1 aliphatic rings. The summed E-state index contributed by atoms with van der Waals surface area (Å²) < 4.78 is 0. The first-order valence-electron chi connectivity index (χ1n) is 7.09. The first kappa shape index (κ1) is 15.3. The average molecular weight is 297 g/mol. The summed E-state index contributed by atoms with van der Waals surface area (Å²) in [5.41, 5.74) is 7.12. The molecule has 20 heavy (non-hydrogen) atoms. The van der Waals surface area contributed by atoms with Crippen LogP contribution in [0.3, 0.4) is 0 Å². The summed E-state index contributed by atoms with van der Waals surface area (Å²) in [6, 6.07) is 4.74. The van der Waals surface area contributed by atoms with Crippen LogP contribution in [0.25, 0.3) is 0 Å². The van der Waals surface area contributed by atoms with E-state index in [2.05, 4.69) is 6.92 Å². The van der Waals surface area contributed by atoms with Crippen molar-refractivity contribution in [3.63, 3.8) is 0 Å². The van der Waals surface area contributed by atoms with Crippen molar-refractivity contribution in [2.75, 3.05) is 6.54 Å². The van der Waals surface area contributed by atoms with E-state index in [9.17, 15) is 10.1 Å². The summed E-state index contributed by atoms with van der Waals surface area (Å²) in [6.45, 7) is 2.92. The molecule has 0 atom stereocenters. The van der Waals surface area contributed by atoms with Gasteiger partial charge in [-0.2, -0.15) is 0 Å². The third-order valence-corrected chi connectivity index (χ3v) is 4.93. The number of nitrogens with two attached hydrogens (primary N) is 1. The van der Waals surface area contributed by atoms with Crippen LogP contribution in [0, 0.1) is 21.4 Å². The third-order valence-electron chi connectivity index (χ3n) is 4.58. The van der Waals surface area contributed by atoms with Gasteiger partial charge >= 0.3 is 0 Å². The standard InChI is InChI=1S/C15H21ClN2O2/c1-11-4-6-15(10-17,7-5-11)9-12-2-3-13(18(19)20)8-14(12)16/h2-3,8,11H,4-7,9-10,17H2,1H3. The predicted octanol–water partition coefficient (Wildman–Crippen LogP) is 3.95. The molecule has 0 amide bonds. The predicted molar refractivity (Wildman–Crippen MR) is 80.9 cm³/mol. The van der Waals surface area contributed by atoms with E-state index in [1.165, 1.54) is 25.0 Å². The Labute approximate surface area is 124 Å². The average Bonchev–Trinajstić information content (AvgIpc) is 2.43. The number of benzene rings is 1. The van der Waals surface area contributed by atoms with Crippen molar-refractivity contribution in [1.82, 2.24) is 0 Å². The lowest BCUT2D eigenvalue weighted by Gasteiger charge is -2.39. The second-order valence-electron chi connectivity index (χ2n) is 6.10. The van der Waals surface area contributed by atoms with Gasteiger partial charge < -0.3 is 5.73 Å². The molecule has 0 unspecified atom stereocenters. The Hall–Kier alpha value is -1.13. The molecule has 1 saturated carbocycles. The highest BCUT2D eigenvalue weighted by atomic mass is 35.5. The van der Waals surface area contributed by atoms with E-state index in [1.54, 1.807) is 6.07 Å². The topological polar surface area (TPSA) is 69.2 Å². The van der Waals surface area contributed by atoms with Gasteiger partial charge in [-0.05, 0) is 42.7 Å². The van der Waals surface area contributed by atoms with Gasteiger partial charge in [-0.1, -0.05) is 37.4 Å². The minimum absolute atomic E-state index is 0.0396. The molecule has 2 rings (SSSR count). The number of hydrogen-bond donors (Lipinski definition) is 1. The minimum atomic E-state index is -0.420. The first-order valence-corrected chi connectivity index (χ1v) is 7.46. The lowest BCUT2D eigenvalue weighted by molar-refractivity contribution is -0.384. The minimum Gasteiger partial charge on any atom is -0.330 e. The van der Waals surface area contributed by atoms with Crippen LogP contribution in [0.4, 0.5) is 5.69 Å². The van der Waals surface area contributed by atoms with Crippen LogP contribution >= 0.6 is 11.6 Å². The Balaban J connectivity index is 2.17. The summed E-state index contributed by atoms with van der Waals surface area (Å²) in [5, 5.41) is 11.2. The summed E-state index contributed by atoms with van der Waals surface area (Å²) >= 11 is 6.20. The van der Waals surface area contributed by atoms with Crippen LogP contribution in [-0.4, -0.2) is 11.5 Å². The molecule has 0 aromatic heterocycles. The Kier molecular flexibility index (Phi) is 4.66. The van der Waals surface area contributed by atoms with E-state index in [4.69, 9.17) is 17.3 Å². The maximum absolute atomic E-state index is 10.7. The molecule has 0 heterocycles. The van der Waals surface area contributed by atoms with Crippen molar-refractivity contribution in [2.45, 2.75) is 39.0 Å². The highest BCUT2D eigenvalue weighted by Gasteiger charge is 2.33. The molecule has 1 aliphatic carbocycles. The van der Waals surface area contributed by atoms with Crippen LogP contribution in [0.5, 0.6) is 0 Å². The molecule has 4 nitrogen and oxygen atoms in total. The number of rotatable bonds is 4. The van der Waals surface area contributed by atoms with Gasteiger partial charge in [0.15, 0.2) is 0 Å². The molecule has 1 aromatic carbocycles. The molecule has 0 radical (unpaired) electrons. The zero-order valence-electron chi connectivity index (χ0n) is 11.8. The van der Waals surface area contributed by atoms with Crippen molar-refractivity contribution in [3.8, 4) is 0 Å². The summed E-state index contributed by atoms with van der Waals surface area (Å²) in [7, 11) is 0. The highest BCUT2D eigenvalue weighted by Crippen LogP contribution is 2.41. The maximum atomic E-state index is 10.7. The molecule has 0 aliphatic heterocycles. The number of nitrogens with zero attached hydrogens (tertiary/aromatic N) is 1. The highest BCUT2D eigenvalue weighted by molar-refractivity contribution is 6.31. The molecular formula is C15H21ClN2O2. The van der Waals surface area contributed by atoms with E-state index in [1.807, 2.05) is 0 Å². The molecule has 0 bridgehead atoms. The van der Waals surface area contributed by atoms with E-state index in [0.717, 1.165) is 30.7 Å². The van der Waals surface area contributed by atoms with E-state index >= 15 is 0 Å². The number of halogens is 1. The van der Waals surface area contributed by atoms with Crippen LogP contribution in [-0.2, 0) is 6.42 Å². The number of hydrogen-bond acceptors (Lipinski definition) is 3. The fraction of sp³-hybridized carbons (Fsp3) is 0.600. The molecule has 0 spiro atoms. The smallest absolute Gasteiger partial charge is 0.270 e. The number of non-ortho nitro benzene ring substituents is 1. The number of nitro benzene ring substituents is 1. The largest absolute Gasteiger partial charge is 0.330 e. The monoisotopic (exact) mass is 296 g/mol. The Morgan fingerprint density at radius 3 is 2.60 bits per heavy atom. The SMILES string of the molecule is CC1CCC(CN)(Cc2ccc([N+](=O)[O-])cc2Cl)CC1. The lowest BCUT2D eigenvalue weighted by Crippen LogP contribution is -2.36. The van der Waals surface area contributed by atoms with Gasteiger partial charge in [-0.3, -0.25) is 10.1 Å². The van der Waals surface area contributed by atoms with Crippen molar-refractivity contribution < 1.29 is 4.92 Å². The molecule has 5 heteroatoms. The first-order chi connectivity index (χ1) is 9.46. The van der Waals surface area contributed by atoms with Gasteiger partial charge in [0.25, 0.3) is 5.69 Å². The second kappa shape index (κ2) is 6.10. The van der Waals surface area contributed by atoms with Crippen LogP contribution in [0.1, 0.15) is 38.2 Å². The van der Waals surface area contributed by atoms with E-state index in [-0.39, 0.29) is 11.1 Å². The van der Waals surface area contributed by atoms with E-state index in [0.29, 0.717) is 11.6 Å². The van der Waals surface area contributed by atoms with Gasteiger partial charge in [-0.15, -0.1) is 0 Å². The normalized spacial score (nSPS) is 26.4. The quantitative estimate of drug-likeness (QED) is 0.675. The van der Waals surface area contributed by atoms with Gasteiger partial charge in [0.05, 0.1) is 9.95 Å². The summed E-state index contributed by atoms with van der Waals surface area (Å²) in [5.74, 6) is 0.766. The summed E-state index contributed by atoms with van der Waals surface area (Å²) in [4.78, 5) is 10.3. The van der Waals surface area contributed by atoms with Crippen LogP contribution in [0.15, 0.2) is 18.2 Å². The molecule has 1 fully saturated rings. The molecular weight excluding hydrogens is 276 g/mol. The molecule has 1 aromatic rings. The Bertz CT molecular complexity index is 497. The fourth-order valence-electron chi connectivity index (χ4n) is 3.02. The zero-order valence-corrected chi connectivity index (χ0v) is 12.5. The van der Waals surface area contributed by atoms with Crippen molar-refractivity contribution in [2.24, 2.45) is 17.1 Å². The fourth-order valence-corrected chi connectivity index (χ4v) is 3.27. The van der Waals surface area contributed by atoms with Gasteiger partial charge in [0, 0.05) is 12.1 Å². The second-order valence-corrected chi connectivity index (χ2v) is 6.50. The molecule has 110 valence electrons. The Morgan fingerprint density at radius 1 is 1.45 bits per heavy atom. The van der Waals surface area contributed by atoms with Crippen molar-refractivity contribution >= 4 is 17.3 Å². The summed E-state index contributed by atoms with van der Waals surface area (Å²) in [6.07, 6.45) is 5.42. The van der Waals surface area contributed by atoms with Gasteiger partial charge in [0.2, 0.25) is 0 Å². The van der Waals surface area contributed by atoms with Crippen molar-refractivity contribution in [3.05, 3.63) is 38.9 Å². The number of nitro groups is 1. The third kappa shape index (κ3) is 3.30.